The summed E-state index contributed by atoms with van der Waals surface area (Å²) in [5, 5.41) is 9.41. The Labute approximate surface area is 193 Å². The Balaban J connectivity index is 1.62. The molecule has 3 aliphatic heterocycles. The number of fused-ring (bicyclic) bond motifs is 1. The Hall–Kier alpha value is -2.14. The van der Waals surface area contributed by atoms with Crippen LogP contribution < -0.4 is 20.5 Å². The predicted molar refractivity (Wildman–Crippen MR) is 127 cm³/mol. The van der Waals surface area contributed by atoms with Gasteiger partial charge < -0.3 is 14.4 Å². The lowest BCUT2D eigenvalue weighted by Gasteiger charge is -2.37. The van der Waals surface area contributed by atoms with Gasteiger partial charge in [0.05, 0.1) is 31.0 Å². The number of ether oxygens (including phenoxy) is 2. The van der Waals surface area contributed by atoms with Crippen molar-refractivity contribution < 1.29 is 14.3 Å². The van der Waals surface area contributed by atoms with Crippen molar-refractivity contribution >= 4 is 34.4 Å². The fraction of sp³-hybridized carbons (Fsp3) is 0.591. The third kappa shape index (κ3) is 4.63. The number of amides is 1. The summed E-state index contributed by atoms with van der Waals surface area (Å²) in [6.07, 6.45) is 0.454. The van der Waals surface area contributed by atoms with Crippen LogP contribution in [0.4, 0.5) is 5.69 Å². The number of amidine groups is 2. The summed E-state index contributed by atoms with van der Waals surface area (Å²) in [5.74, 6) is 1.27. The maximum absolute atomic E-state index is 13.2. The third-order valence-electron chi connectivity index (χ3n) is 5.96. The van der Waals surface area contributed by atoms with Crippen molar-refractivity contribution in [1.82, 2.24) is 15.8 Å². The predicted octanol–water partition coefficient (Wildman–Crippen LogP) is 2.05. The van der Waals surface area contributed by atoms with E-state index < -0.39 is 0 Å². The van der Waals surface area contributed by atoms with Gasteiger partial charge in [0.15, 0.2) is 5.17 Å². The molecular weight excluding hydrogens is 428 g/mol. The zero-order valence-electron chi connectivity index (χ0n) is 18.8. The van der Waals surface area contributed by atoms with Crippen LogP contribution in [0.15, 0.2) is 29.3 Å². The molecule has 32 heavy (non-hydrogen) atoms. The number of rotatable bonds is 6. The fourth-order valence-electron chi connectivity index (χ4n) is 4.21. The highest BCUT2D eigenvalue weighted by atomic mass is 32.2. The van der Waals surface area contributed by atoms with Crippen LogP contribution in [0.3, 0.4) is 0 Å². The van der Waals surface area contributed by atoms with Crippen LogP contribution in [0, 0.1) is 11.3 Å². The molecule has 174 valence electrons. The smallest absolute Gasteiger partial charge is 0.236 e. The molecule has 0 aromatic heterocycles. The summed E-state index contributed by atoms with van der Waals surface area (Å²) in [6, 6.07) is 7.78. The molecule has 0 aliphatic carbocycles. The highest BCUT2D eigenvalue weighted by molar-refractivity contribution is 8.15. The van der Waals surface area contributed by atoms with Gasteiger partial charge in [0, 0.05) is 24.8 Å². The molecule has 4 atom stereocenters. The number of thioether (sulfide) groups is 1. The Morgan fingerprint density at radius 2 is 2.00 bits per heavy atom. The lowest BCUT2D eigenvalue weighted by Crippen LogP contribution is -2.51. The summed E-state index contributed by atoms with van der Waals surface area (Å²) in [7, 11) is 0. The summed E-state index contributed by atoms with van der Waals surface area (Å²) >= 11 is 1.44. The minimum Gasteiger partial charge on any atom is -0.494 e. The lowest BCUT2D eigenvalue weighted by molar-refractivity contribution is -0.134. The molecule has 4 unspecified atom stereocenters. The van der Waals surface area contributed by atoms with E-state index in [9.17, 15) is 4.79 Å². The Morgan fingerprint density at radius 1 is 1.28 bits per heavy atom. The molecule has 0 saturated carbocycles. The third-order valence-corrected chi connectivity index (χ3v) is 7.28. The van der Waals surface area contributed by atoms with Crippen LogP contribution >= 0.6 is 11.8 Å². The van der Waals surface area contributed by atoms with Crippen LogP contribution in [-0.2, 0) is 9.53 Å². The van der Waals surface area contributed by atoms with Crippen LogP contribution in [0.1, 0.15) is 27.2 Å². The van der Waals surface area contributed by atoms with E-state index >= 15 is 0 Å². The molecule has 0 bridgehead atoms. The standard InChI is InChI=1S/C22H32N6O3S/c1-4-17(21(29)27-10-12-30-13-11-27)32-22-24-20-18(14(3)25-26-20)19(23)28(22)15-6-8-16(9-7-15)31-5-2/h6-9,14,17-18,20,23,25-26H,4-5,10-13H2,1-3H3. The van der Waals surface area contributed by atoms with E-state index in [-0.39, 0.29) is 29.3 Å². The maximum Gasteiger partial charge on any atom is 0.236 e. The molecule has 3 heterocycles. The summed E-state index contributed by atoms with van der Waals surface area (Å²) in [6.45, 7) is 9.01. The molecule has 9 nitrogen and oxygen atoms in total. The molecule has 2 saturated heterocycles. The number of carbonyl (C=O) groups is 1. The number of hydrazine groups is 1. The van der Waals surface area contributed by atoms with Crippen LogP contribution in [0.25, 0.3) is 0 Å². The van der Waals surface area contributed by atoms with E-state index in [4.69, 9.17) is 19.9 Å². The first-order valence-corrected chi connectivity index (χ1v) is 12.1. The van der Waals surface area contributed by atoms with E-state index in [1.54, 1.807) is 0 Å². The van der Waals surface area contributed by atoms with E-state index in [1.165, 1.54) is 11.8 Å². The van der Waals surface area contributed by atoms with Gasteiger partial charge in [0.2, 0.25) is 5.91 Å². The van der Waals surface area contributed by atoms with Crippen molar-refractivity contribution in [3.8, 4) is 5.75 Å². The number of carbonyl (C=O) groups excluding carboxylic acids is 1. The van der Waals surface area contributed by atoms with Crippen molar-refractivity contribution in [3.63, 3.8) is 0 Å². The van der Waals surface area contributed by atoms with Gasteiger partial charge in [-0.05, 0) is 44.5 Å². The second kappa shape index (κ2) is 10.2. The molecule has 10 heteroatoms. The molecule has 0 spiro atoms. The zero-order valence-corrected chi connectivity index (χ0v) is 19.7. The first kappa shape index (κ1) is 23.0. The minimum absolute atomic E-state index is 0.0740. The molecule has 1 aromatic carbocycles. The molecule has 1 amide bonds. The minimum atomic E-state index is -0.270. The largest absolute Gasteiger partial charge is 0.494 e. The average molecular weight is 461 g/mol. The highest BCUT2D eigenvalue weighted by Crippen LogP contribution is 2.34. The number of nitrogens with zero attached hydrogens (tertiary/aromatic N) is 3. The van der Waals surface area contributed by atoms with Crippen LogP contribution in [-0.4, -0.2) is 72.2 Å². The summed E-state index contributed by atoms with van der Waals surface area (Å²) in [5.41, 5.74) is 7.25. The molecule has 2 fully saturated rings. The zero-order chi connectivity index (χ0) is 22.7. The number of nitrogens with one attached hydrogen (secondary N) is 3. The van der Waals surface area contributed by atoms with E-state index in [1.807, 2.05) is 54.8 Å². The molecule has 0 radical (unpaired) electrons. The van der Waals surface area contributed by atoms with Crippen LogP contribution in [0.5, 0.6) is 5.75 Å². The lowest BCUT2D eigenvalue weighted by atomic mass is 9.97. The van der Waals surface area contributed by atoms with Crippen molar-refractivity contribution in [2.75, 3.05) is 37.8 Å². The SMILES string of the molecule is CCOc1ccc(N2C(=N)C3C(C)NNC3N=C2SC(CC)C(=O)N2CCOCC2)cc1. The molecule has 4 rings (SSSR count). The topological polar surface area (TPSA) is 102 Å². The Morgan fingerprint density at radius 3 is 2.66 bits per heavy atom. The normalized spacial score (nSPS) is 26.5. The Bertz CT molecular complexity index is 858. The number of benzene rings is 1. The van der Waals surface area contributed by atoms with Gasteiger partial charge in [-0.25, -0.2) is 10.4 Å². The number of hydrogen-bond donors (Lipinski definition) is 3. The van der Waals surface area contributed by atoms with Gasteiger partial charge in [0.1, 0.15) is 17.8 Å². The highest BCUT2D eigenvalue weighted by Gasteiger charge is 2.44. The molecule has 1 aromatic rings. The second-order valence-corrected chi connectivity index (χ2v) is 9.23. The number of hydrogen-bond acceptors (Lipinski definition) is 8. The summed E-state index contributed by atoms with van der Waals surface area (Å²) in [4.78, 5) is 21.9. The van der Waals surface area contributed by atoms with Crippen LogP contribution in [0.2, 0.25) is 0 Å². The monoisotopic (exact) mass is 460 g/mol. The molecule has 3 aliphatic rings. The van der Waals surface area contributed by atoms with Gasteiger partial charge in [-0.3, -0.25) is 20.5 Å². The van der Waals surface area contributed by atoms with E-state index in [0.29, 0.717) is 50.3 Å². The van der Waals surface area contributed by atoms with Crippen molar-refractivity contribution in [1.29, 1.82) is 5.41 Å². The number of aliphatic imine (C=N–C) groups is 1. The number of anilines is 1. The van der Waals surface area contributed by atoms with Gasteiger partial charge in [0.25, 0.3) is 0 Å². The second-order valence-electron chi connectivity index (χ2n) is 8.06. The van der Waals surface area contributed by atoms with Gasteiger partial charge in [-0.15, -0.1) is 0 Å². The van der Waals surface area contributed by atoms with Gasteiger partial charge in [-0.2, -0.15) is 0 Å². The van der Waals surface area contributed by atoms with E-state index in [0.717, 1.165) is 11.4 Å². The van der Waals surface area contributed by atoms with Crippen molar-refractivity contribution in [2.24, 2.45) is 10.9 Å². The maximum atomic E-state index is 13.2. The molecular formula is C22H32N6O3S. The van der Waals surface area contributed by atoms with Gasteiger partial charge in [-0.1, -0.05) is 18.7 Å². The quantitative estimate of drug-likeness (QED) is 0.597. The van der Waals surface area contributed by atoms with E-state index in [2.05, 4.69) is 10.9 Å². The first-order chi connectivity index (χ1) is 15.5. The number of morpholine rings is 1. The van der Waals surface area contributed by atoms with Crippen molar-refractivity contribution in [3.05, 3.63) is 24.3 Å². The average Bonchev–Trinajstić information content (AvgIpc) is 3.19. The molecule has 3 N–H and O–H groups in total. The van der Waals surface area contributed by atoms with Gasteiger partial charge >= 0.3 is 0 Å². The first-order valence-electron chi connectivity index (χ1n) is 11.3. The summed E-state index contributed by atoms with van der Waals surface area (Å²) < 4.78 is 11.0. The van der Waals surface area contributed by atoms with Crippen molar-refractivity contribution in [2.45, 2.75) is 44.6 Å². The Kier molecular flexibility index (Phi) is 7.34. The fourth-order valence-corrected chi connectivity index (χ4v) is 5.37.